The second-order valence-corrected chi connectivity index (χ2v) is 5.46. The minimum Gasteiger partial charge on any atom is -0.497 e. The van der Waals surface area contributed by atoms with Gasteiger partial charge in [0.2, 0.25) is 5.78 Å². The first-order valence-electron chi connectivity index (χ1n) is 7.55. The van der Waals surface area contributed by atoms with E-state index in [4.69, 9.17) is 9.84 Å². The molecular weight excluding hydrogens is 322 g/mol. The van der Waals surface area contributed by atoms with Crippen molar-refractivity contribution in [3.8, 4) is 16.9 Å². The van der Waals surface area contributed by atoms with E-state index >= 15 is 0 Å². The summed E-state index contributed by atoms with van der Waals surface area (Å²) in [6.07, 6.45) is 1.03. The lowest BCUT2D eigenvalue weighted by molar-refractivity contribution is -0.148. The van der Waals surface area contributed by atoms with Crippen molar-refractivity contribution < 1.29 is 24.2 Å². The lowest BCUT2D eigenvalue weighted by Crippen LogP contribution is -2.18. The highest BCUT2D eigenvalue weighted by atomic mass is 16.5. The van der Waals surface area contributed by atoms with Gasteiger partial charge in [0.15, 0.2) is 5.78 Å². The Morgan fingerprint density at radius 1 is 1.08 bits per heavy atom. The topological polar surface area (TPSA) is 85.1 Å². The Hall–Kier alpha value is -3.41. The van der Waals surface area contributed by atoms with Gasteiger partial charge in [-0.25, -0.2) is 4.79 Å². The standard InChI is InChI=1S/C19H15NO5/c1-25-14-7-5-12(6-8-14)15-10-13-4-2-3-9-20(13)18(15)16(21)11-17(22)19(23)24/h2-10H,11H2,1H3,(H,23,24). The lowest BCUT2D eigenvalue weighted by Gasteiger charge is -2.06. The maximum Gasteiger partial charge on any atom is 0.372 e. The minimum absolute atomic E-state index is 0.287. The van der Waals surface area contributed by atoms with Crippen molar-refractivity contribution in [1.82, 2.24) is 4.40 Å². The molecule has 2 aromatic heterocycles. The second kappa shape index (κ2) is 6.60. The van der Waals surface area contributed by atoms with E-state index in [0.29, 0.717) is 11.3 Å². The van der Waals surface area contributed by atoms with Crippen LogP contribution >= 0.6 is 0 Å². The van der Waals surface area contributed by atoms with Crippen molar-refractivity contribution in [2.24, 2.45) is 0 Å². The predicted octanol–water partition coefficient (Wildman–Crippen LogP) is 2.84. The zero-order chi connectivity index (χ0) is 18.0. The maximum absolute atomic E-state index is 12.6. The fraction of sp³-hybridized carbons (Fsp3) is 0.105. The van der Waals surface area contributed by atoms with E-state index < -0.39 is 24.0 Å². The number of hydrogen-bond donors (Lipinski definition) is 1. The molecule has 3 aromatic rings. The summed E-state index contributed by atoms with van der Waals surface area (Å²) < 4.78 is 6.80. The van der Waals surface area contributed by atoms with Crippen molar-refractivity contribution in [3.63, 3.8) is 0 Å². The molecule has 0 aliphatic carbocycles. The summed E-state index contributed by atoms with van der Waals surface area (Å²) in [7, 11) is 1.56. The first-order chi connectivity index (χ1) is 12.0. The summed E-state index contributed by atoms with van der Waals surface area (Å²) in [4.78, 5) is 34.9. The van der Waals surface area contributed by atoms with Crippen LogP contribution in [0.4, 0.5) is 0 Å². The molecule has 0 aliphatic heterocycles. The van der Waals surface area contributed by atoms with Gasteiger partial charge in [-0.15, -0.1) is 0 Å². The molecular formula is C19H15NO5. The molecule has 25 heavy (non-hydrogen) atoms. The average Bonchev–Trinajstić information content (AvgIpc) is 3.01. The summed E-state index contributed by atoms with van der Waals surface area (Å²) in [6, 6.07) is 14.4. The Kier molecular flexibility index (Phi) is 4.35. The zero-order valence-electron chi connectivity index (χ0n) is 13.4. The van der Waals surface area contributed by atoms with Crippen LogP contribution in [0.25, 0.3) is 16.6 Å². The third kappa shape index (κ3) is 3.14. The normalized spacial score (nSPS) is 10.6. The zero-order valence-corrected chi connectivity index (χ0v) is 13.4. The molecule has 3 rings (SSSR count). The van der Waals surface area contributed by atoms with Gasteiger partial charge in [-0.3, -0.25) is 9.59 Å². The molecule has 0 unspecified atom stereocenters. The molecule has 6 nitrogen and oxygen atoms in total. The summed E-state index contributed by atoms with van der Waals surface area (Å²) in [5, 5.41) is 8.76. The number of aliphatic carboxylic acids is 1. The lowest BCUT2D eigenvalue weighted by atomic mass is 10.0. The van der Waals surface area contributed by atoms with Crippen molar-refractivity contribution in [2.45, 2.75) is 6.42 Å². The van der Waals surface area contributed by atoms with Gasteiger partial charge in [-0.05, 0) is 35.9 Å². The van der Waals surface area contributed by atoms with Gasteiger partial charge in [-0.1, -0.05) is 18.2 Å². The van der Waals surface area contributed by atoms with E-state index in [0.717, 1.165) is 11.1 Å². The largest absolute Gasteiger partial charge is 0.497 e. The molecule has 0 bridgehead atoms. The smallest absolute Gasteiger partial charge is 0.372 e. The summed E-state index contributed by atoms with van der Waals surface area (Å²) in [5.41, 5.74) is 2.47. The second-order valence-electron chi connectivity index (χ2n) is 5.46. The van der Waals surface area contributed by atoms with Crippen LogP contribution in [-0.4, -0.2) is 34.2 Å². The number of carboxylic acid groups (broad SMARTS) is 1. The summed E-state index contributed by atoms with van der Waals surface area (Å²) in [6.45, 7) is 0. The van der Waals surface area contributed by atoms with Crippen LogP contribution in [0.3, 0.4) is 0 Å². The molecule has 0 fully saturated rings. The molecule has 1 N–H and O–H groups in total. The fourth-order valence-corrected chi connectivity index (χ4v) is 2.70. The minimum atomic E-state index is -1.61. The molecule has 0 amide bonds. The van der Waals surface area contributed by atoms with Crippen molar-refractivity contribution in [2.75, 3.05) is 7.11 Å². The van der Waals surface area contributed by atoms with Gasteiger partial charge < -0.3 is 14.2 Å². The number of carbonyl (C=O) groups is 3. The molecule has 0 spiro atoms. The van der Waals surface area contributed by atoms with Crippen LogP contribution in [0.1, 0.15) is 16.9 Å². The molecule has 0 radical (unpaired) electrons. The molecule has 0 saturated carbocycles. The maximum atomic E-state index is 12.6. The first kappa shape index (κ1) is 16.4. The monoisotopic (exact) mass is 337 g/mol. The number of carboxylic acids is 1. The van der Waals surface area contributed by atoms with Crippen LogP contribution in [-0.2, 0) is 9.59 Å². The fourth-order valence-electron chi connectivity index (χ4n) is 2.70. The molecule has 6 heteroatoms. The highest BCUT2D eigenvalue weighted by Crippen LogP contribution is 2.30. The highest BCUT2D eigenvalue weighted by molar-refractivity contribution is 6.37. The number of rotatable bonds is 6. The number of pyridine rings is 1. The Morgan fingerprint density at radius 2 is 1.80 bits per heavy atom. The van der Waals surface area contributed by atoms with E-state index in [9.17, 15) is 14.4 Å². The van der Waals surface area contributed by atoms with Gasteiger partial charge in [0.25, 0.3) is 0 Å². The van der Waals surface area contributed by atoms with E-state index in [-0.39, 0.29) is 5.69 Å². The number of carbonyl (C=O) groups excluding carboxylic acids is 2. The van der Waals surface area contributed by atoms with E-state index in [2.05, 4.69) is 0 Å². The van der Waals surface area contributed by atoms with E-state index in [1.807, 2.05) is 30.3 Å². The van der Waals surface area contributed by atoms with Gasteiger partial charge in [-0.2, -0.15) is 0 Å². The number of methoxy groups -OCH3 is 1. The number of ether oxygens (including phenoxy) is 1. The SMILES string of the molecule is COc1ccc(-c2cc3ccccn3c2C(=O)CC(=O)C(=O)O)cc1. The van der Waals surface area contributed by atoms with E-state index in [1.54, 1.807) is 35.9 Å². The van der Waals surface area contributed by atoms with Crippen molar-refractivity contribution in [1.29, 1.82) is 0 Å². The average molecular weight is 337 g/mol. The molecule has 1 aromatic carbocycles. The molecule has 2 heterocycles. The number of benzene rings is 1. The van der Waals surface area contributed by atoms with Crippen molar-refractivity contribution in [3.05, 3.63) is 60.4 Å². The molecule has 0 saturated heterocycles. The first-order valence-corrected chi connectivity index (χ1v) is 7.55. The third-order valence-corrected chi connectivity index (χ3v) is 3.90. The molecule has 0 aliphatic rings. The number of Topliss-reactive ketones (excluding diaryl/α,β-unsaturated/α-hetero) is 2. The summed E-state index contributed by atoms with van der Waals surface area (Å²) in [5.74, 6) is -2.59. The number of ketones is 2. The number of hydrogen-bond acceptors (Lipinski definition) is 4. The Morgan fingerprint density at radius 3 is 2.44 bits per heavy atom. The quantitative estimate of drug-likeness (QED) is 0.425. The number of fused-ring (bicyclic) bond motifs is 1. The van der Waals surface area contributed by atoms with Gasteiger partial charge >= 0.3 is 5.97 Å². The molecule has 126 valence electrons. The molecule has 0 atom stereocenters. The summed E-state index contributed by atoms with van der Waals surface area (Å²) >= 11 is 0. The van der Waals surface area contributed by atoms with Gasteiger partial charge in [0.05, 0.1) is 19.2 Å². The Bertz CT molecular complexity index is 969. The Balaban J connectivity index is 2.12. The number of aromatic nitrogens is 1. The highest BCUT2D eigenvalue weighted by Gasteiger charge is 2.23. The predicted molar refractivity (Wildman–Crippen MR) is 91.0 cm³/mol. The van der Waals surface area contributed by atoms with Crippen LogP contribution in [0.15, 0.2) is 54.7 Å². The van der Waals surface area contributed by atoms with Crippen molar-refractivity contribution >= 4 is 23.1 Å². The van der Waals surface area contributed by atoms with Crippen LogP contribution in [0, 0.1) is 0 Å². The van der Waals surface area contributed by atoms with E-state index in [1.165, 1.54) is 0 Å². The van der Waals surface area contributed by atoms with Crippen LogP contribution in [0.2, 0.25) is 0 Å². The number of nitrogens with zero attached hydrogens (tertiary/aromatic N) is 1. The Labute approximate surface area is 143 Å². The van der Waals surface area contributed by atoms with Gasteiger partial charge in [0.1, 0.15) is 5.75 Å². The van der Waals surface area contributed by atoms with Crippen LogP contribution in [0.5, 0.6) is 5.75 Å². The third-order valence-electron chi connectivity index (χ3n) is 3.90. The van der Waals surface area contributed by atoms with Crippen LogP contribution < -0.4 is 4.74 Å². The van der Waals surface area contributed by atoms with Gasteiger partial charge in [0, 0.05) is 17.3 Å².